The number of amides is 1. The zero-order valence-electron chi connectivity index (χ0n) is 18.9. The predicted molar refractivity (Wildman–Crippen MR) is 137 cm³/mol. The first-order chi connectivity index (χ1) is 16.7. The van der Waals surface area contributed by atoms with Crippen molar-refractivity contribution in [3.8, 4) is 11.5 Å². The van der Waals surface area contributed by atoms with E-state index < -0.39 is 11.7 Å². The Labute approximate surface area is 209 Å². The molecule has 2 N–H and O–H groups in total. The van der Waals surface area contributed by atoms with E-state index in [0.717, 1.165) is 0 Å². The van der Waals surface area contributed by atoms with Crippen LogP contribution in [0.1, 0.15) is 15.9 Å². The highest BCUT2D eigenvalue weighted by Crippen LogP contribution is 2.39. The Morgan fingerprint density at radius 1 is 1.06 bits per heavy atom. The SMILES string of the molecule is COc1cc(NC(=O)c2ccc(C3=CC(C(F)(F)P)NN3c3ccccc3Cl)cc2)cc(OC)c1. The van der Waals surface area contributed by atoms with E-state index in [1.807, 2.05) is 0 Å². The van der Waals surface area contributed by atoms with Gasteiger partial charge in [-0.2, -0.15) is 0 Å². The highest BCUT2D eigenvalue weighted by molar-refractivity contribution is 7.18. The minimum absolute atomic E-state index is 0.345. The first-order valence-electron chi connectivity index (χ1n) is 10.5. The topological polar surface area (TPSA) is 62.8 Å². The van der Waals surface area contributed by atoms with Crippen molar-refractivity contribution in [2.75, 3.05) is 24.5 Å². The fraction of sp³-hybridized carbons (Fsp3) is 0.160. The fourth-order valence-electron chi connectivity index (χ4n) is 3.61. The van der Waals surface area contributed by atoms with E-state index in [4.69, 9.17) is 21.1 Å². The number of carbonyl (C=O) groups excluding carboxylic acids is 1. The molecule has 0 saturated carbocycles. The van der Waals surface area contributed by atoms with Crippen molar-refractivity contribution >= 4 is 43.8 Å². The molecule has 3 aromatic carbocycles. The van der Waals surface area contributed by atoms with Crippen LogP contribution in [0.4, 0.5) is 20.2 Å². The Kier molecular flexibility index (Phi) is 7.26. The number of para-hydroxylation sites is 1. The van der Waals surface area contributed by atoms with Crippen molar-refractivity contribution in [2.24, 2.45) is 0 Å². The number of nitrogens with one attached hydrogen (secondary N) is 2. The zero-order valence-corrected chi connectivity index (χ0v) is 20.8. The summed E-state index contributed by atoms with van der Waals surface area (Å²) in [7, 11) is 4.60. The second kappa shape index (κ2) is 10.2. The minimum Gasteiger partial charge on any atom is -0.497 e. The largest absolute Gasteiger partial charge is 0.497 e. The fourth-order valence-corrected chi connectivity index (χ4v) is 4.00. The van der Waals surface area contributed by atoms with Crippen LogP contribution in [-0.2, 0) is 0 Å². The van der Waals surface area contributed by atoms with Crippen LogP contribution in [0.15, 0.2) is 72.8 Å². The number of halogens is 3. The van der Waals surface area contributed by atoms with Gasteiger partial charge in [0.05, 0.1) is 30.6 Å². The molecular weight excluding hydrogens is 495 g/mol. The summed E-state index contributed by atoms with van der Waals surface area (Å²) in [6, 6.07) is 17.4. The molecule has 0 aliphatic carbocycles. The van der Waals surface area contributed by atoms with Gasteiger partial charge in [0.25, 0.3) is 11.6 Å². The van der Waals surface area contributed by atoms with E-state index in [2.05, 4.69) is 10.7 Å². The number of hydrogen-bond donors (Lipinski definition) is 2. The zero-order chi connectivity index (χ0) is 25.2. The quantitative estimate of drug-likeness (QED) is 0.387. The molecule has 6 nitrogen and oxygen atoms in total. The molecule has 0 aromatic heterocycles. The highest BCUT2D eigenvalue weighted by atomic mass is 35.5. The standard InChI is InChI=1S/C25H23ClF2N3O3P/c1-33-18-11-17(12-19(13-18)34-2)29-24(32)16-9-7-15(8-10-16)22-14-23(25(27,28)35)30-31(22)21-6-4-3-5-20(21)26/h3-14,23,30H,35H2,1-2H3,(H,29,32). The van der Waals surface area contributed by atoms with Gasteiger partial charge in [-0.3, -0.25) is 9.80 Å². The van der Waals surface area contributed by atoms with Crippen molar-refractivity contribution in [3.05, 3.63) is 89.0 Å². The molecule has 2 unspecified atom stereocenters. The highest BCUT2D eigenvalue weighted by Gasteiger charge is 2.40. The van der Waals surface area contributed by atoms with Crippen LogP contribution in [0, 0.1) is 0 Å². The number of anilines is 2. The Hall–Kier alpha value is -3.19. The summed E-state index contributed by atoms with van der Waals surface area (Å²) in [5.41, 5.74) is 2.28. The second-order valence-corrected chi connectivity index (χ2v) is 8.93. The van der Waals surface area contributed by atoms with Gasteiger partial charge in [-0.15, -0.1) is 0 Å². The van der Waals surface area contributed by atoms with Crippen LogP contribution in [0.2, 0.25) is 5.02 Å². The van der Waals surface area contributed by atoms with Gasteiger partial charge in [0.2, 0.25) is 0 Å². The van der Waals surface area contributed by atoms with Gasteiger partial charge in [-0.1, -0.05) is 45.1 Å². The molecule has 1 aliphatic heterocycles. The molecule has 35 heavy (non-hydrogen) atoms. The van der Waals surface area contributed by atoms with Crippen molar-refractivity contribution in [2.45, 2.75) is 11.7 Å². The number of carbonyl (C=O) groups is 1. The van der Waals surface area contributed by atoms with Gasteiger partial charge in [0.1, 0.15) is 17.5 Å². The summed E-state index contributed by atoms with van der Waals surface area (Å²) in [4.78, 5) is 12.8. The third-order valence-corrected chi connectivity index (χ3v) is 6.07. The Bertz CT molecular complexity index is 1240. The van der Waals surface area contributed by atoms with Crippen LogP contribution >= 0.6 is 20.8 Å². The summed E-state index contributed by atoms with van der Waals surface area (Å²) in [5.74, 6) is 0.731. The molecule has 1 heterocycles. The Morgan fingerprint density at radius 3 is 2.26 bits per heavy atom. The lowest BCUT2D eigenvalue weighted by atomic mass is 10.1. The first kappa shape index (κ1) is 24.9. The van der Waals surface area contributed by atoms with Crippen molar-refractivity contribution < 1.29 is 23.0 Å². The molecule has 3 aromatic rings. The molecule has 2 atom stereocenters. The summed E-state index contributed by atoms with van der Waals surface area (Å²) in [5, 5.41) is 4.75. The van der Waals surface area contributed by atoms with E-state index in [9.17, 15) is 13.6 Å². The molecule has 1 aliphatic rings. The molecular formula is C25H23ClF2N3O3P. The first-order valence-corrected chi connectivity index (χ1v) is 11.5. The maximum Gasteiger partial charge on any atom is 0.279 e. The molecule has 0 bridgehead atoms. The Morgan fingerprint density at radius 2 is 1.69 bits per heavy atom. The van der Waals surface area contributed by atoms with E-state index in [1.165, 1.54) is 25.3 Å². The van der Waals surface area contributed by atoms with Crippen LogP contribution in [0.3, 0.4) is 0 Å². The number of hydrazine groups is 1. The van der Waals surface area contributed by atoms with Crippen molar-refractivity contribution in [1.82, 2.24) is 5.43 Å². The third-order valence-electron chi connectivity index (χ3n) is 5.39. The predicted octanol–water partition coefficient (Wildman–Crippen LogP) is 5.81. The van der Waals surface area contributed by atoms with Crippen molar-refractivity contribution in [3.63, 3.8) is 0 Å². The molecule has 1 amide bonds. The number of methoxy groups -OCH3 is 2. The number of benzene rings is 3. The normalized spacial score (nSPS) is 15.5. The van der Waals surface area contributed by atoms with Crippen LogP contribution in [0.25, 0.3) is 5.70 Å². The van der Waals surface area contributed by atoms with Gasteiger partial charge >= 0.3 is 0 Å². The van der Waals surface area contributed by atoms with Crippen LogP contribution in [-0.4, -0.2) is 31.8 Å². The lowest BCUT2D eigenvalue weighted by molar-refractivity contribution is 0.0792. The molecule has 0 radical (unpaired) electrons. The summed E-state index contributed by atoms with van der Waals surface area (Å²) in [6.45, 7) is 0. The van der Waals surface area contributed by atoms with Crippen LogP contribution in [0.5, 0.6) is 11.5 Å². The Balaban J connectivity index is 1.60. The number of alkyl halides is 2. The summed E-state index contributed by atoms with van der Waals surface area (Å²) >= 11 is 6.33. The van der Waals surface area contributed by atoms with Gasteiger partial charge in [0, 0.05) is 29.4 Å². The number of nitrogens with zero attached hydrogens (tertiary/aromatic N) is 1. The average molecular weight is 518 g/mol. The smallest absolute Gasteiger partial charge is 0.279 e. The average Bonchev–Trinajstić information content (AvgIpc) is 3.30. The number of hydrogen-bond acceptors (Lipinski definition) is 5. The lowest BCUT2D eigenvalue weighted by Gasteiger charge is -2.26. The second-order valence-electron chi connectivity index (χ2n) is 7.75. The molecule has 182 valence electrons. The molecule has 0 fully saturated rings. The maximum absolute atomic E-state index is 14.1. The number of ether oxygens (including phenoxy) is 2. The van der Waals surface area contributed by atoms with Gasteiger partial charge in [-0.05, 0) is 35.9 Å². The molecule has 0 saturated heterocycles. The van der Waals surface area contributed by atoms with E-state index >= 15 is 0 Å². The van der Waals surface area contributed by atoms with E-state index in [0.29, 0.717) is 44.7 Å². The number of rotatable bonds is 7. The molecule has 0 spiro atoms. The monoisotopic (exact) mass is 517 g/mol. The summed E-state index contributed by atoms with van der Waals surface area (Å²) in [6.07, 6.45) is 1.44. The van der Waals surface area contributed by atoms with Gasteiger partial charge < -0.3 is 14.8 Å². The van der Waals surface area contributed by atoms with Gasteiger partial charge in [0.15, 0.2) is 0 Å². The third kappa shape index (κ3) is 5.56. The van der Waals surface area contributed by atoms with Crippen molar-refractivity contribution in [1.29, 1.82) is 0 Å². The maximum atomic E-state index is 14.1. The van der Waals surface area contributed by atoms with E-state index in [-0.39, 0.29) is 5.91 Å². The minimum atomic E-state index is -3.08. The van der Waals surface area contributed by atoms with Gasteiger partial charge in [-0.25, -0.2) is 14.2 Å². The van der Waals surface area contributed by atoms with E-state index in [1.54, 1.807) is 76.0 Å². The summed E-state index contributed by atoms with van der Waals surface area (Å²) < 4.78 is 38.7. The van der Waals surface area contributed by atoms with Crippen LogP contribution < -0.4 is 25.2 Å². The molecule has 10 heteroatoms. The molecule has 4 rings (SSSR count). The lowest BCUT2D eigenvalue weighted by Crippen LogP contribution is -2.44.